The van der Waals surface area contributed by atoms with Gasteiger partial charge in [-0.15, -0.1) is 0 Å². The number of hydrogen-bond donors (Lipinski definition) is 1. The van der Waals surface area contributed by atoms with Crippen LogP contribution in [-0.2, 0) is 14.3 Å². The van der Waals surface area contributed by atoms with E-state index in [0.29, 0.717) is 13.0 Å². The first-order valence-electron chi connectivity index (χ1n) is 4.01. The Kier molecular flexibility index (Phi) is 2.69. The highest BCUT2D eigenvalue weighted by Gasteiger charge is 2.46. The van der Waals surface area contributed by atoms with E-state index in [-0.39, 0.29) is 5.91 Å². The van der Waals surface area contributed by atoms with Gasteiger partial charge in [-0.3, -0.25) is 4.79 Å². The molecule has 1 fully saturated rings. The molecule has 1 aliphatic heterocycles. The van der Waals surface area contributed by atoms with E-state index in [2.05, 4.69) is 5.32 Å². The maximum atomic E-state index is 11.4. The van der Waals surface area contributed by atoms with Crippen molar-refractivity contribution in [3.05, 3.63) is 0 Å². The van der Waals surface area contributed by atoms with Gasteiger partial charge < -0.3 is 14.8 Å². The second-order valence-electron chi connectivity index (χ2n) is 3.19. The molecule has 1 saturated heterocycles. The van der Waals surface area contributed by atoms with Gasteiger partial charge >= 0.3 is 0 Å². The van der Waals surface area contributed by atoms with Crippen LogP contribution < -0.4 is 5.32 Å². The SMILES string of the molecule is CNC(=O)C1(C)CCOC1OC. The Balaban J connectivity index is 2.74. The van der Waals surface area contributed by atoms with Crippen molar-refractivity contribution in [2.75, 3.05) is 20.8 Å². The number of amides is 1. The van der Waals surface area contributed by atoms with Gasteiger partial charge in [0.05, 0.1) is 12.0 Å². The number of hydrogen-bond acceptors (Lipinski definition) is 3. The lowest BCUT2D eigenvalue weighted by molar-refractivity contribution is -0.160. The highest BCUT2D eigenvalue weighted by Crippen LogP contribution is 2.34. The summed E-state index contributed by atoms with van der Waals surface area (Å²) in [6, 6.07) is 0. The maximum absolute atomic E-state index is 11.4. The molecule has 1 heterocycles. The van der Waals surface area contributed by atoms with Gasteiger partial charge in [-0.05, 0) is 13.3 Å². The maximum Gasteiger partial charge on any atom is 0.230 e. The van der Waals surface area contributed by atoms with Crippen molar-refractivity contribution < 1.29 is 14.3 Å². The van der Waals surface area contributed by atoms with Crippen molar-refractivity contribution in [1.82, 2.24) is 5.32 Å². The zero-order valence-electron chi connectivity index (χ0n) is 7.72. The van der Waals surface area contributed by atoms with Gasteiger partial charge in [-0.25, -0.2) is 0 Å². The summed E-state index contributed by atoms with van der Waals surface area (Å²) in [5, 5.41) is 2.61. The van der Waals surface area contributed by atoms with Gasteiger partial charge in [0.2, 0.25) is 5.91 Å². The Morgan fingerprint density at radius 3 is 2.92 bits per heavy atom. The first-order chi connectivity index (χ1) is 5.65. The van der Waals surface area contributed by atoms with E-state index < -0.39 is 11.7 Å². The molecule has 70 valence electrons. The lowest BCUT2D eigenvalue weighted by atomic mass is 9.87. The summed E-state index contributed by atoms with van der Waals surface area (Å²) < 4.78 is 10.3. The standard InChI is InChI=1S/C8H15NO3/c1-8(6(10)9-2)4-5-12-7(8)11-3/h7H,4-5H2,1-3H3,(H,9,10). The summed E-state index contributed by atoms with van der Waals surface area (Å²) >= 11 is 0. The van der Waals surface area contributed by atoms with E-state index in [9.17, 15) is 4.79 Å². The van der Waals surface area contributed by atoms with Crippen molar-refractivity contribution in [2.24, 2.45) is 5.41 Å². The molecule has 1 aliphatic rings. The molecule has 1 amide bonds. The molecule has 0 aromatic carbocycles. The molecular formula is C8H15NO3. The summed E-state index contributed by atoms with van der Waals surface area (Å²) in [6.07, 6.45) is 0.308. The van der Waals surface area contributed by atoms with Gasteiger partial charge in [-0.1, -0.05) is 0 Å². The van der Waals surface area contributed by atoms with Crippen molar-refractivity contribution in [3.8, 4) is 0 Å². The zero-order valence-corrected chi connectivity index (χ0v) is 7.72. The van der Waals surface area contributed by atoms with E-state index in [1.807, 2.05) is 6.92 Å². The summed E-state index contributed by atoms with van der Waals surface area (Å²) in [7, 11) is 3.18. The normalized spacial score (nSPS) is 35.1. The second-order valence-corrected chi connectivity index (χ2v) is 3.19. The second kappa shape index (κ2) is 3.41. The average molecular weight is 173 g/mol. The number of carbonyl (C=O) groups excluding carboxylic acids is 1. The molecule has 0 aromatic heterocycles. The first-order valence-corrected chi connectivity index (χ1v) is 4.01. The molecule has 4 heteroatoms. The van der Waals surface area contributed by atoms with E-state index >= 15 is 0 Å². The van der Waals surface area contributed by atoms with Crippen LogP contribution in [0.2, 0.25) is 0 Å². The fourth-order valence-electron chi connectivity index (χ4n) is 1.51. The van der Waals surface area contributed by atoms with Crippen LogP contribution in [0.4, 0.5) is 0 Å². The number of rotatable bonds is 2. The quantitative estimate of drug-likeness (QED) is 0.645. The summed E-state index contributed by atoms with van der Waals surface area (Å²) in [5.41, 5.74) is -0.524. The highest BCUT2D eigenvalue weighted by atomic mass is 16.7. The first kappa shape index (κ1) is 9.48. The zero-order chi connectivity index (χ0) is 9.19. The smallest absolute Gasteiger partial charge is 0.230 e. The molecule has 2 atom stereocenters. The number of methoxy groups -OCH3 is 1. The molecular weight excluding hydrogens is 158 g/mol. The number of carbonyl (C=O) groups is 1. The third-order valence-electron chi connectivity index (χ3n) is 2.37. The lowest BCUT2D eigenvalue weighted by Crippen LogP contribution is -2.43. The Hall–Kier alpha value is -0.610. The minimum absolute atomic E-state index is 0.0214. The summed E-state index contributed by atoms with van der Waals surface area (Å²) in [6.45, 7) is 2.44. The van der Waals surface area contributed by atoms with Gasteiger partial charge in [0, 0.05) is 14.2 Å². The predicted octanol–water partition coefficient (Wildman–Crippen LogP) is 0.131. The molecule has 1 N–H and O–H groups in total. The minimum Gasteiger partial charge on any atom is -0.359 e. The Labute approximate surface area is 72.2 Å². The monoisotopic (exact) mass is 173 g/mol. The predicted molar refractivity (Wildman–Crippen MR) is 43.5 cm³/mol. The average Bonchev–Trinajstić information content (AvgIpc) is 2.46. The topological polar surface area (TPSA) is 47.6 Å². The summed E-state index contributed by atoms with van der Waals surface area (Å²) in [4.78, 5) is 11.4. The van der Waals surface area contributed by atoms with Crippen molar-refractivity contribution in [3.63, 3.8) is 0 Å². The third-order valence-corrected chi connectivity index (χ3v) is 2.37. The number of ether oxygens (including phenoxy) is 2. The Bertz CT molecular complexity index is 183. The fraction of sp³-hybridized carbons (Fsp3) is 0.875. The Morgan fingerprint density at radius 2 is 2.42 bits per heavy atom. The van der Waals surface area contributed by atoms with Gasteiger partial charge in [0.1, 0.15) is 0 Å². The molecule has 2 unspecified atom stereocenters. The van der Waals surface area contributed by atoms with Crippen LogP contribution in [0, 0.1) is 5.41 Å². The molecule has 12 heavy (non-hydrogen) atoms. The minimum atomic E-state index is -0.524. The molecule has 0 bridgehead atoms. The molecule has 0 aliphatic carbocycles. The van der Waals surface area contributed by atoms with Crippen LogP contribution in [0.25, 0.3) is 0 Å². The highest BCUT2D eigenvalue weighted by molar-refractivity contribution is 5.82. The van der Waals surface area contributed by atoms with Gasteiger partial charge in [0.25, 0.3) is 0 Å². The van der Waals surface area contributed by atoms with Crippen molar-refractivity contribution >= 4 is 5.91 Å². The van der Waals surface area contributed by atoms with Crippen LogP contribution in [0.5, 0.6) is 0 Å². The molecule has 4 nitrogen and oxygen atoms in total. The van der Waals surface area contributed by atoms with Gasteiger partial charge in [0.15, 0.2) is 6.29 Å². The molecule has 0 spiro atoms. The summed E-state index contributed by atoms with van der Waals surface area (Å²) in [5.74, 6) is -0.0214. The van der Waals surface area contributed by atoms with Crippen LogP contribution in [0.15, 0.2) is 0 Å². The fourth-order valence-corrected chi connectivity index (χ4v) is 1.51. The van der Waals surface area contributed by atoms with E-state index in [4.69, 9.17) is 9.47 Å². The Morgan fingerprint density at radius 1 is 1.75 bits per heavy atom. The largest absolute Gasteiger partial charge is 0.359 e. The van der Waals surface area contributed by atoms with Crippen molar-refractivity contribution in [2.45, 2.75) is 19.6 Å². The number of nitrogens with one attached hydrogen (secondary N) is 1. The van der Waals surface area contributed by atoms with E-state index in [0.717, 1.165) is 0 Å². The molecule has 0 radical (unpaired) electrons. The van der Waals surface area contributed by atoms with E-state index in [1.165, 1.54) is 0 Å². The third kappa shape index (κ3) is 1.32. The van der Waals surface area contributed by atoms with E-state index in [1.54, 1.807) is 14.2 Å². The van der Waals surface area contributed by atoms with Gasteiger partial charge in [-0.2, -0.15) is 0 Å². The molecule has 0 aromatic rings. The molecule has 1 rings (SSSR count). The van der Waals surface area contributed by atoms with Crippen LogP contribution in [0.1, 0.15) is 13.3 Å². The van der Waals surface area contributed by atoms with Crippen LogP contribution in [-0.4, -0.2) is 33.0 Å². The van der Waals surface area contributed by atoms with Crippen molar-refractivity contribution in [1.29, 1.82) is 0 Å². The lowest BCUT2D eigenvalue weighted by Gasteiger charge is -2.26. The van der Waals surface area contributed by atoms with Crippen LogP contribution in [0.3, 0.4) is 0 Å². The van der Waals surface area contributed by atoms with Crippen LogP contribution >= 0.6 is 0 Å². The molecule has 0 saturated carbocycles.